The Hall–Kier alpha value is -1.50. The summed E-state index contributed by atoms with van der Waals surface area (Å²) in [6.07, 6.45) is 4.30. The number of hydrogen-bond donors (Lipinski definition) is 1. The van der Waals surface area contributed by atoms with Crippen LogP contribution in [0.25, 0.3) is 10.6 Å². The molecule has 0 saturated heterocycles. The van der Waals surface area contributed by atoms with Crippen LogP contribution in [-0.4, -0.2) is 19.6 Å². The molecule has 4 nitrogen and oxygen atoms in total. The first kappa shape index (κ1) is 13.2. The third kappa shape index (κ3) is 2.06. The van der Waals surface area contributed by atoms with E-state index < -0.39 is 5.60 Å². The lowest BCUT2D eigenvalue weighted by molar-refractivity contribution is 0.0786. The number of hydrogen-bond acceptors (Lipinski definition) is 4. The molecule has 3 aromatic rings. The Bertz CT molecular complexity index is 813. The third-order valence-corrected chi connectivity index (χ3v) is 5.46. The van der Waals surface area contributed by atoms with Crippen molar-refractivity contribution in [1.82, 2.24) is 14.5 Å². The first-order valence-electron chi connectivity index (χ1n) is 6.63. The van der Waals surface area contributed by atoms with Crippen LogP contribution in [0.1, 0.15) is 17.8 Å². The minimum absolute atomic E-state index is 0.654. The molecule has 3 heterocycles. The molecule has 0 fully saturated rings. The Morgan fingerprint density at radius 1 is 1.38 bits per heavy atom. The molecule has 0 spiro atoms. The fraction of sp³-hybridized carbons (Fsp3) is 0.200. The van der Waals surface area contributed by atoms with Crippen LogP contribution in [0.5, 0.6) is 0 Å². The third-order valence-electron chi connectivity index (χ3n) is 3.86. The van der Waals surface area contributed by atoms with Crippen molar-refractivity contribution in [1.29, 1.82) is 0 Å². The van der Waals surface area contributed by atoms with Gasteiger partial charge in [-0.05, 0) is 27.6 Å². The number of aryl methyl sites for hydroxylation is 1. The van der Waals surface area contributed by atoms with Gasteiger partial charge in [0.15, 0.2) is 0 Å². The van der Waals surface area contributed by atoms with Gasteiger partial charge in [-0.15, -0.1) is 11.3 Å². The van der Waals surface area contributed by atoms with Gasteiger partial charge in [-0.3, -0.25) is 0 Å². The second-order valence-electron chi connectivity index (χ2n) is 5.11. The molecule has 0 amide bonds. The maximum atomic E-state index is 11.1. The number of rotatable bonds is 2. The van der Waals surface area contributed by atoms with Gasteiger partial charge < -0.3 is 9.67 Å². The van der Waals surface area contributed by atoms with Crippen molar-refractivity contribution in [2.24, 2.45) is 0 Å². The van der Waals surface area contributed by atoms with Crippen molar-refractivity contribution < 1.29 is 5.11 Å². The number of imidazole rings is 1. The average molecular weight is 362 g/mol. The molecule has 1 aromatic carbocycles. The SMILES string of the molecule is OC1(c2cccc(-c3nc(Br)cs3)c2)CCn2ccnc21. The molecular formula is C15H12BrN3OS. The summed E-state index contributed by atoms with van der Waals surface area (Å²) in [6, 6.07) is 7.94. The summed E-state index contributed by atoms with van der Waals surface area (Å²) in [4.78, 5) is 8.76. The molecular weight excluding hydrogens is 350 g/mol. The van der Waals surface area contributed by atoms with Gasteiger partial charge in [-0.25, -0.2) is 9.97 Å². The van der Waals surface area contributed by atoms with Crippen molar-refractivity contribution >= 4 is 27.3 Å². The number of aliphatic hydroxyl groups is 1. The summed E-state index contributed by atoms with van der Waals surface area (Å²) in [5.41, 5.74) is 0.881. The Morgan fingerprint density at radius 3 is 3.10 bits per heavy atom. The number of aromatic nitrogens is 3. The highest BCUT2D eigenvalue weighted by Crippen LogP contribution is 2.39. The summed E-state index contributed by atoms with van der Waals surface area (Å²) in [6.45, 7) is 0.791. The van der Waals surface area contributed by atoms with Crippen LogP contribution in [0.4, 0.5) is 0 Å². The van der Waals surface area contributed by atoms with E-state index in [-0.39, 0.29) is 0 Å². The highest BCUT2D eigenvalue weighted by Gasteiger charge is 2.40. The van der Waals surface area contributed by atoms with E-state index in [2.05, 4.69) is 25.9 Å². The van der Waals surface area contributed by atoms with Gasteiger partial charge in [0.2, 0.25) is 0 Å². The van der Waals surface area contributed by atoms with Gasteiger partial charge in [0.25, 0.3) is 0 Å². The summed E-state index contributed by atoms with van der Waals surface area (Å²) in [7, 11) is 0. The molecule has 0 saturated carbocycles. The maximum Gasteiger partial charge on any atom is 0.149 e. The minimum atomic E-state index is -1.01. The lowest BCUT2D eigenvalue weighted by Gasteiger charge is -2.22. The Morgan fingerprint density at radius 2 is 2.29 bits per heavy atom. The molecule has 0 aliphatic carbocycles. The summed E-state index contributed by atoms with van der Waals surface area (Å²) in [5.74, 6) is 0.722. The molecule has 1 unspecified atom stereocenters. The molecule has 106 valence electrons. The van der Waals surface area contributed by atoms with Crippen molar-refractivity contribution in [3.8, 4) is 10.6 Å². The van der Waals surface area contributed by atoms with E-state index in [0.29, 0.717) is 6.42 Å². The predicted molar refractivity (Wildman–Crippen MR) is 85.1 cm³/mol. The molecule has 21 heavy (non-hydrogen) atoms. The van der Waals surface area contributed by atoms with Gasteiger partial charge in [0.05, 0.1) is 0 Å². The van der Waals surface area contributed by atoms with E-state index in [1.54, 1.807) is 17.5 Å². The Labute approximate surface area is 134 Å². The molecule has 1 N–H and O–H groups in total. The van der Waals surface area contributed by atoms with Crippen LogP contribution >= 0.6 is 27.3 Å². The topological polar surface area (TPSA) is 50.9 Å². The average Bonchev–Trinajstić information content (AvgIpc) is 3.18. The quantitative estimate of drug-likeness (QED) is 0.760. The zero-order valence-corrected chi connectivity index (χ0v) is 13.4. The van der Waals surface area contributed by atoms with Crippen molar-refractivity contribution in [2.45, 2.75) is 18.6 Å². The van der Waals surface area contributed by atoms with Gasteiger partial charge in [0.1, 0.15) is 21.0 Å². The molecule has 1 atom stereocenters. The number of thiazole rings is 1. The van der Waals surface area contributed by atoms with Crippen LogP contribution in [0.2, 0.25) is 0 Å². The van der Waals surface area contributed by atoms with Crippen LogP contribution in [-0.2, 0) is 12.1 Å². The summed E-state index contributed by atoms with van der Waals surface area (Å²) < 4.78 is 2.84. The van der Waals surface area contributed by atoms with E-state index in [0.717, 1.165) is 33.1 Å². The minimum Gasteiger partial charge on any atom is -0.377 e. The molecule has 0 radical (unpaired) electrons. The number of nitrogens with zero attached hydrogens (tertiary/aromatic N) is 3. The van der Waals surface area contributed by atoms with Crippen molar-refractivity contribution in [3.05, 3.63) is 58.0 Å². The van der Waals surface area contributed by atoms with E-state index in [1.807, 2.05) is 40.4 Å². The second-order valence-corrected chi connectivity index (χ2v) is 6.78. The molecule has 6 heteroatoms. The Balaban J connectivity index is 1.80. The van der Waals surface area contributed by atoms with Gasteiger partial charge >= 0.3 is 0 Å². The molecule has 4 rings (SSSR count). The fourth-order valence-corrected chi connectivity index (χ4v) is 4.07. The highest BCUT2D eigenvalue weighted by molar-refractivity contribution is 9.10. The maximum absolute atomic E-state index is 11.1. The van der Waals surface area contributed by atoms with Gasteiger partial charge in [-0.1, -0.05) is 18.2 Å². The van der Waals surface area contributed by atoms with E-state index in [1.165, 1.54) is 0 Å². The molecule has 1 aliphatic heterocycles. The summed E-state index contributed by atoms with van der Waals surface area (Å²) in [5, 5.41) is 14.0. The standard InChI is InChI=1S/C15H12BrN3OS/c16-12-9-21-13(18-12)10-2-1-3-11(8-10)15(20)4-6-19-7-5-17-14(15)19/h1-3,5,7-9,20H,4,6H2. The normalized spacial score (nSPS) is 20.7. The van der Waals surface area contributed by atoms with Crippen LogP contribution in [0, 0.1) is 0 Å². The van der Waals surface area contributed by atoms with E-state index >= 15 is 0 Å². The summed E-state index contributed by atoms with van der Waals surface area (Å²) >= 11 is 4.96. The first-order chi connectivity index (χ1) is 10.2. The lowest BCUT2D eigenvalue weighted by atomic mass is 9.91. The monoisotopic (exact) mass is 361 g/mol. The fourth-order valence-electron chi connectivity index (χ4n) is 2.82. The number of halogens is 1. The molecule has 2 aromatic heterocycles. The largest absolute Gasteiger partial charge is 0.377 e. The van der Waals surface area contributed by atoms with Crippen molar-refractivity contribution in [2.75, 3.05) is 0 Å². The smallest absolute Gasteiger partial charge is 0.149 e. The molecule has 1 aliphatic rings. The van der Waals surface area contributed by atoms with E-state index in [4.69, 9.17) is 0 Å². The van der Waals surface area contributed by atoms with E-state index in [9.17, 15) is 5.11 Å². The van der Waals surface area contributed by atoms with Crippen LogP contribution in [0.15, 0.2) is 46.6 Å². The lowest BCUT2D eigenvalue weighted by Crippen LogP contribution is -2.25. The predicted octanol–water partition coefficient (Wildman–Crippen LogP) is 3.41. The number of benzene rings is 1. The first-order valence-corrected chi connectivity index (χ1v) is 8.30. The van der Waals surface area contributed by atoms with Crippen molar-refractivity contribution in [3.63, 3.8) is 0 Å². The highest BCUT2D eigenvalue weighted by atomic mass is 79.9. The molecule has 0 bridgehead atoms. The Kier molecular flexibility index (Phi) is 2.99. The number of fused-ring (bicyclic) bond motifs is 1. The van der Waals surface area contributed by atoms with Gasteiger partial charge in [-0.2, -0.15) is 0 Å². The van der Waals surface area contributed by atoms with Gasteiger partial charge in [0, 0.05) is 36.3 Å². The zero-order chi connectivity index (χ0) is 14.4. The van der Waals surface area contributed by atoms with Crippen LogP contribution in [0.3, 0.4) is 0 Å². The zero-order valence-electron chi connectivity index (χ0n) is 11.0. The van der Waals surface area contributed by atoms with Crippen LogP contribution < -0.4 is 0 Å². The second kappa shape index (κ2) is 4.76.